The van der Waals surface area contributed by atoms with E-state index in [1.807, 2.05) is 47.4 Å². The van der Waals surface area contributed by atoms with Gasteiger partial charge in [-0.05, 0) is 47.9 Å². The first kappa shape index (κ1) is 20.2. The van der Waals surface area contributed by atoms with Crippen molar-refractivity contribution in [2.45, 2.75) is 18.7 Å². The molecule has 1 N–H and O–H groups in total. The summed E-state index contributed by atoms with van der Waals surface area (Å²) in [6, 6.07) is 21.2. The van der Waals surface area contributed by atoms with Crippen molar-refractivity contribution in [3.05, 3.63) is 95.3 Å². The molecule has 30 heavy (non-hydrogen) atoms. The van der Waals surface area contributed by atoms with Crippen LogP contribution in [0.25, 0.3) is 0 Å². The van der Waals surface area contributed by atoms with Gasteiger partial charge >= 0.3 is 0 Å². The van der Waals surface area contributed by atoms with Gasteiger partial charge in [0.05, 0.1) is 11.3 Å². The first-order chi connectivity index (χ1) is 14.6. The summed E-state index contributed by atoms with van der Waals surface area (Å²) in [6.07, 6.45) is 0.829. The van der Waals surface area contributed by atoms with Crippen LogP contribution in [-0.4, -0.2) is 17.6 Å². The lowest BCUT2D eigenvalue weighted by Gasteiger charge is -2.26. The molecular weight excluding hydrogens is 399 g/mol. The number of halogens is 1. The van der Waals surface area contributed by atoms with E-state index in [1.165, 1.54) is 12.1 Å². The number of hydrogen-bond donors (Lipinski definition) is 1. The van der Waals surface area contributed by atoms with E-state index in [1.54, 1.807) is 30.0 Å². The highest BCUT2D eigenvalue weighted by atomic mass is 32.2. The predicted octanol–water partition coefficient (Wildman–Crippen LogP) is 5.42. The Labute approximate surface area is 179 Å². The minimum Gasteiger partial charge on any atom is -0.322 e. The van der Waals surface area contributed by atoms with Gasteiger partial charge in [0.15, 0.2) is 0 Å². The lowest BCUT2D eigenvalue weighted by molar-refractivity contribution is -0.115. The van der Waals surface area contributed by atoms with E-state index in [0.29, 0.717) is 11.4 Å². The maximum absolute atomic E-state index is 13.9. The zero-order valence-corrected chi connectivity index (χ0v) is 17.3. The molecule has 0 radical (unpaired) electrons. The minimum atomic E-state index is -0.564. The van der Waals surface area contributed by atoms with Crippen molar-refractivity contribution in [2.24, 2.45) is 0 Å². The molecule has 0 bridgehead atoms. The number of nitrogens with one attached hydrogen (secondary N) is 1. The fraction of sp³-hybridized carbons (Fsp3) is 0.167. The maximum Gasteiger partial charge on any atom is 0.258 e. The monoisotopic (exact) mass is 420 g/mol. The van der Waals surface area contributed by atoms with Gasteiger partial charge in [-0.25, -0.2) is 4.39 Å². The van der Waals surface area contributed by atoms with Crippen molar-refractivity contribution in [3.63, 3.8) is 0 Å². The van der Waals surface area contributed by atoms with E-state index in [-0.39, 0.29) is 16.8 Å². The summed E-state index contributed by atoms with van der Waals surface area (Å²) in [5.74, 6) is -0.611. The topological polar surface area (TPSA) is 49.4 Å². The molecule has 4 nitrogen and oxygen atoms in total. The highest BCUT2D eigenvalue weighted by molar-refractivity contribution is 8.00. The largest absolute Gasteiger partial charge is 0.322 e. The van der Waals surface area contributed by atoms with Crippen LogP contribution in [-0.2, 0) is 11.2 Å². The highest BCUT2D eigenvalue weighted by Gasteiger charge is 2.35. The van der Waals surface area contributed by atoms with Gasteiger partial charge in [0.25, 0.3) is 5.91 Å². The molecule has 1 unspecified atom stereocenters. The van der Waals surface area contributed by atoms with Crippen LogP contribution in [0, 0.1) is 5.82 Å². The van der Waals surface area contributed by atoms with Crippen LogP contribution in [0.2, 0.25) is 0 Å². The average Bonchev–Trinajstić information content (AvgIpc) is 3.15. The number of thioether (sulfide) groups is 1. The Balaban J connectivity index is 1.62. The first-order valence-corrected chi connectivity index (χ1v) is 10.8. The van der Waals surface area contributed by atoms with Crippen molar-refractivity contribution < 1.29 is 14.0 Å². The summed E-state index contributed by atoms with van der Waals surface area (Å²) in [4.78, 5) is 27.0. The number of carbonyl (C=O) groups excluding carboxylic acids is 2. The molecule has 3 aromatic rings. The van der Waals surface area contributed by atoms with Crippen LogP contribution < -0.4 is 10.2 Å². The number of para-hydroxylation sites is 1. The van der Waals surface area contributed by atoms with Crippen molar-refractivity contribution in [1.82, 2.24) is 0 Å². The molecule has 152 valence electrons. The van der Waals surface area contributed by atoms with Crippen LogP contribution >= 0.6 is 11.8 Å². The first-order valence-electron chi connectivity index (χ1n) is 9.76. The molecule has 6 heteroatoms. The van der Waals surface area contributed by atoms with Gasteiger partial charge in [-0.3, -0.25) is 14.5 Å². The van der Waals surface area contributed by atoms with Crippen LogP contribution in [0.1, 0.15) is 33.8 Å². The summed E-state index contributed by atoms with van der Waals surface area (Å²) in [5.41, 5.74) is 3.49. The lowest BCUT2D eigenvalue weighted by atomic mass is 10.1. The summed E-state index contributed by atoms with van der Waals surface area (Å²) in [7, 11) is 0. The van der Waals surface area contributed by atoms with E-state index in [2.05, 4.69) is 12.2 Å². The Hall–Kier alpha value is -3.12. The van der Waals surface area contributed by atoms with E-state index < -0.39 is 11.7 Å². The standard InChI is InChI=1S/C24H21FN2O2S/c1-2-16-8-3-6-13-21(16)27-22(28)15-30-24(27)17-9-7-10-18(14-17)26-23(29)19-11-4-5-12-20(19)25/h3-14,24H,2,15H2,1H3,(H,26,29). The van der Waals surface area contributed by atoms with Gasteiger partial charge in [0.1, 0.15) is 11.2 Å². The molecule has 1 heterocycles. The van der Waals surface area contributed by atoms with Gasteiger partial charge in [0.2, 0.25) is 5.91 Å². The number of anilines is 2. The third-order valence-electron chi connectivity index (χ3n) is 5.05. The molecule has 1 saturated heterocycles. The van der Waals surface area contributed by atoms with E-state index >= 15 is 0 Å². The smallest absolute Gasteiger partial charge is 0.258 e. The summed E-state index contributed by atoms with van der Waals surface area (Å²) < 4.78 is 13.9. The SMILES string of the molecule is CCc1ccccc1N1C(=O)CSC1c1cccc(NC(=O)c2ccccc2F)c1. The Morgan fingerprint density at radius 3 is 2.67 bits per heavy atom. The zero-order valence-electron chi connectivity index (χ0n) is 16.5. The Kier molecular flexibility index (Phi) is 5.86. The fourth-order valence-corrected chi connectivity index (χ4v) is 4.75. The summed E-state index contributed by atoms with van der Waals surface area (Å²) in [5, 5.41) is 2.57. The van der Waals surface area contributed by atoms with Crippen LogP contribution in [0.5, 0.6) is 0 Å². The molecule has 1 fully saturated rings. The number of benzene rings is 3. The molecule has 4 rings (SSSR count). The third-order valence-corrected chi connectivity index (χ3v) is 6.26. The number of nitrogens with zero attached hydrogens (tertiary/aromatic N) is 1. The second-order valence-electron chi connectivity index (χ2n) is 6.97. The molecule has 3 aromatic carbocycles. The van der Waals surface area contributed by atoms with Gasteiger partial charge in [0, 0.05) is 11.4 Å². The molecule has 2 amide bonds. The molecule has 0 aromatic heterocycles. The molecule has 1 aliphatic rings. The number of hydrogen-bond acceptors (Lipinski definition) is 3. The van der Waals surface area contributed by atoms with E-state index in [9.17, 15) is 14.0 Å². The molecule has 0 spiro atoms. The number of aryl methyl sites for hydroxylation is 1. The molecular formula is C24H21FN2O2S. The van der Waals surface area contributed by atoms with Crippen LogP contribution in [0.3, 0.4) is 0 Å². The Bertz CT molecular complexity index is 1100. The van der Waals surface area contributed by atoms with E-state index in [4.69, 9.17) is 0 Å². The van der Waals surface area contributed by atoms with Crippen molar-refractivity contribution >= 4 is 35.0 Å². The van der Waals surface area contributed by atoms with Gasteiger partial charge < -0.3 is 5.32 Å². The van der Waals surface area contributed by atoms with Crippen molar-refractivity contribution in [3.8, 4) is 0 Å². The second kappa shape index (κ2) is 8.71. The normalized spacial score (nSPS) is 16.0. The predicted molar refractivity (Wildman–Crippen MR) is 119 cm³/mol. The average molecular weight is 421 g/mol. The summed E-state index contributed by atoms with van der Waals surface area (Å²) in [6.45, 7) is 2.07. The number of amides is 2. The molecule has 1 aliphatic heterocycles. The van der Waals surface area contributed by atoms with Crippen LogP contribution in [0.15, 0.2) is 72.8 Å². The highest BCUT2D eigenvalue weighted by Crippen LogP contribution is 2.43. The molecule has 0 saturated carbocycles. The fourth-order valence-electron chi connectivity index (χ4n) is 3.59. The maximum atomic E-state index is 13.9. The van der Waals surface area contributed by atoms with E-state index in [0.717, 1.165) is 23.2 Å². The second-order valence-corrected chi connectivity index (χ2v) is 8.04. The van der Waals surface area contributed by atoms with Gasteiger partial charge in [-0.15, -0.1) is 11.8 Å². The summed E-state index contributed by atoms with van der Waals surface area (Å²) >= 11 is 1.56. The molecule has 0 aliphatic carbocycles. The molecule has 1 atom stereocenters. The zero-order chi connectivity index (χ0) is 21.1. The lowest BCUT2D eigenvalue weighted by Crippen LogP contribution is -2.28. The van der Waals surface area contributed by atoms with Crippen molar-refractivity contribution in [2.75, 3.05) is 16.0 Å². The Morgan fingerprint density at radius 1 is 1.10 bits per heavy atom. The van der Waals surface area contributed by atoms with Crippen LogP contribution in [0.4, 0.5) is 15.8 Å². The minimum absolute atomic E-state index is 0.00757. The number of carbonyl (C=O) groups is 2. The quantitative estimate of drug-likeness (QED) is 0.600. The Morgan fingerprint density at radius 2 is 1.87 bits per heavy atom. The third kappa shape index (κ3) is 3.96. The van der Waals surface area contributed by atoms with Crippen molar-refractivity contribution in [1.29, 1.82) is 0 Å². The van der Waals surface area contributed by atoms with Gasteiger partial charge in [-0.2, -0.15) is 0 Å². The van der Waals surface area contributed by atoms with Gasteiger partial charge in [-0.1, -0.05) is 49.4 Å². The number of rotatable bonds is 5.